The van der Waals surface area contributed by atoms with Crippen LogP contribution in [-0.2, 0) is 14.3 Å². The van der Waals surface area contributed by atoms with Crippen molar-refractivity contribution in [3.8, 4) is 11.8 Å². The SMILES string of the molecule is [CH2]C#CCOS(C)(=O)=O. The fourth-order valence-corrected chi connectivity index (χ4v) is 0.461. The van der Waals surface area contributed by atoms with Gasteiger partial charge in [-0.05, 0) is 0 Å². The Morgan fingerprint density at radius 1 is 1.67 bits per heavy atom. The van der Waals surface area contributed by atoms with Crippen LogP contribution in [0.2, 0.25) is 0 Å². The van der Waals surface area contributed by atoms with E-state index < -0.39 is 10.1 Å². The van der Waals surface area contributed by atoms with Crippen LogP contribution in [0.3, 0.4) is 0 Å². The summed E-state index contributed by atoms with van der Waals surface area (Å²) in [5, 5.41) is 0. The van der Waals surface area contributed by atoms with E-state index in [1.165, 1.54) is 0 Å². The van der Waals surface area contributed by atoms with E-state index in [4.69, 9.17) is 0 Å². The highest BCUT2D eigenvalue weighted by molar-refractivity contribution is 7.85. The molecule has 0 amide bonds. The van der Waals surface area contributed by atoms with Gasteiger partial charge in [0.05, 0.1) is 6.26 Å². The lowest BCUT2D eigenvalue weighted by Crippen LogP contribution is -2.01. The van der Waals surface area contributed by atoms with Crippen molar-refractivity contribution in [3.05, 3.63) is 6.92 Å². The fourth-order valence-electron chi connectivity index (χ4n) is 0.188. The molecular weight excluding hydrogens is 140 g/mol. The minimum absolute atomic E-state index is 0.109. The monoisotopic (exact) mass is 147 g/mol. The number of hydrogen-bond acceptors (Lipinski definition) is 3. The average molecular weight is 147 g/mol. The summed E-state index contributed by atoms with van der Waals surface area (Å²) in [5.74, 6) is 4.59. The molecule has 0 aliphatic carbocycles. The molecular formula is C5H7O3S. The minimum Gasteiger partial charge on any atom is -0.257 e. The Labute approximate surface area is 55.1 Å². The lowest BCUT2D eigenvalue weighted by molar-refractivity contribution is 0.368. The summed E-state index contributed by atoms with van der Waals surface area (Å²) in [6, 6.07) is 0. The molecule has 3 nitrogen and oxygen atoms in total. The van der Waals surface area contributed by atoms with Gasteiger partial charge in [-0.15, -0.1) is 0 Å². The molecule has 0 N–H and O–H groups in total. The third-order valence-corrected chi connectivity index (χ3v) is 1.02. The van der Waals surface area contributed by atoms with Crippen molar-refractivity contribution >= 4 is 10.1 Å². The van der Waals surface area contributed by atoms with Crippen LogP contribution in [0.1, 0.15) is 0 Å². The van der Waals surface area contributed by atoms with Crippen LogP contribution >= 0.6 is 0 Å². The lowest BCUT2D eigenvalue weighted by Gasteiger charge is -1.90. The Morgan fingerprint density at radius 3 is 2.56 bits per heavy atom. The molecule has 51 valence electrons. The normalized spacial score (nSPS) is 10.0. The van der Waals surface area contributed by atoms with E-state index in [0.29, 0.717) is 0 Å². The molecule has 0 spiro atoms. The molecule has 0 bridgehead atoms. The minimum atomic E-state index is -3.33. The Morgan fingerprint density at radius 2 is 2.22 bits per heavy atom. The van der Waals surface area contributed by atoms with Crippen LogP contribution in [0.5, 0.6) is 0 Å². The largest absolute Gasteiger partial charge is 0.265 e. The Bertz CT molecular complexity index is 216. The third-order valence-electron chi connectivity index (χ3n) is 0.470. The first kappa shape index (κ1) is 8.47. The molecule has 0 unspecified atom stereocenters. The predicted molar refractivity (Wildman–Crippen MR) is 33.9 cm³/mol. The molecule has 0 heterocycles. The summed E-state index contributed by atoms with van der Waals surface area (Å²) in [6.07, 6.45) is 0.970. The summed E-state index contributed by atoms with van der Waals surface area (Å²) in [5.41, 5.74) is 0. The summed E-state index contributed by atoms with van der Waals surface area (Å²) in [4.78, 5) is 0. The van der Waals surface area contributed by atoms with E-state index in [1.807, 2.05) is 0 Å². The fraction of sp³-hybridized carbons (Fsp3) is 0.400. The standard InChI is InChI=1S/C5H7O3S/c1-3-4-5-8-9(2,6)7/h1,5H2,2H3. The molecule has 0 aromatic carbocycles. The highest BCUT2D eigenvalue weighted by Gasteiger charge is 1.96. The smallest absolute Gasteiger partial charge is 0.257 e. The molecule has 0 saturated carbocycles. The number of rotatable bonds is 2. The molecule has 0 aromatic rings. The molecule has 0 aromatic heterocycles. The van der Waals surface area contributed by atoms with Crippen molar-refractivity contribution < 1.29 is 12.6 Å². The second kappa shape index (κ2) is 3.49. The molecule has 0 aliphatic rings. The van der Waals surface area contributed by atoms with Crippen molar-refractivity contribution in [2.45, 2.75) is 0 Å². The van der Waals surface area contributed by atoms with Crippen molar-refractivity contribution in [2.24, 2.45) is 0 Å². The summed E-state index contributed by atoms with van der Waals surface area (Å²) in [6.45, 7) is 3.06. The summed E-state index contributed by atoms with van der Waals surface area (Å²) < 4.78 is 24.6. The van der Waals surface area contributed by atoms with Gasteiger partial charge in [0.15, 0.2) is 0 Å². The second-order valence-corrected chi connectivity index (χ2v) is 2.96. The van der Waals surface area contributed by atoms with E-state index in [0.717, 1.165) is 6.26 Å². The Hall–Kier alpha value is -0.530. The van der Waals surface area contributed by atoms with Crippen LogP contribution in [0.15, 0.2) is 0 Å². The highest BCUT2D eigenvalue weighted by atomic mass is 32.2. The van der Waals surface area contributed by atoms with Crippen LogP contribution in [0, 0.1) is 18.8 Å². The molecule has 0 fully saturated rings. The third kappa shape index (κ3) is 7.47. The average Bonchev–Trinajstić information content (AvgIpc) is 1.63. The lowest BCUT2D eigenvalue weighted by atomic mass is 10.6. The zero-order chi connectivity index (χ0) is 7.33. The van der Waals surface area contributed by atoms with Gasteiger partial charge in [0.1, 0.15) is 6.61 Å². The zero-order valence-corrected chi connectivity index (χ0v) is 5.86. The maximum atomic E-state index is 10.2. The van der Waals surface area contributed by atoms with Gasteiger partial charge in [-0.25, -0.2) is 0 Å². The van der Waals surface area contributed by atoms with Crippen molar-refractivity contribution in [2.75, 3.05) is 12.9 Å². The van der Waals surface area contributed by atoms with E-state index in [1.54, 1.807) is 0 Å². The van der Waals surface area contributed by atoms with Crippen LogP contribution in [0.4, 0.5) is 0 Å². The first-order valence-electron chi connectivity index (χ1n) is 2.15. The molecule has 1 radical (unpaired) electrons. The first-order chi connectivity index (χ1) is 4.06. The quantitative estimate of drug-likeness (QED) is 0.401. The van der Waals surface area contributed by atoms with Gasteiger partial charge in [0, 0.05) is 6.92 Å². The van der Waals surface area contributed by atoms with Gasteiger partial charge in [-0.1, -0.05) is 11.8 Å². The topological polar surface area (TPSA) is 43.4 Å². The van der Waals surface area contributed by atoms with Crippen molar-refractivity contribution in [1.82, 2.24) is 0 Å². The Balaban J connectivity index is 3.62. The summed E-state index contributed by atoms with van der Waals surface area (Å²) >= 11 is 0. The molecule has 0 atom stereocenters. The molecule has 4 heteroatoms. The van der Waals surface area contributed by atoms with Crippen molar-refractivity contribution in [1.29, 1.82) is 0 Å². The van der Waals surface area contributed by atoms with Gasteiger partial charge in [0.25, 0.3) is 10.1 Å². The maximum absolute atomic E-state index is 10.2. The van der Waals surface area contributed by atoms with E-state index in [9.17, 15) is 8.42 Å². The highest BCUT2D eigenvalue weighted by Crippen LogP contribution is 1.82. The van der Waals surface area contributed by atoms with Gasteiger partial charge in [0.2, 0.25) is 0 Å². The molecule has 0 saturated heterocycles. The van der Waals surface area contributed by atoms with E-state index >= 15 is 0 Å². The van der Waals surface area contributed by atoms with Gasteiger partial charge < -0.3 is 0 Å². The van der Waals surface area contributed by atoms with E-state index in [2.05, 4.69) is 22.9 Å². The van der Waals surface area contributed by atoms with Crippen LogP contribution < -0.4 is 0 Å². The summed E-state index contributed by atoms with van der Waals surface area (Å²) in [7, 11) is -3.33. The van der Waals surface area contributed by atoms with E-state index in [-0.39, 0.29) is 6.61 Å². The van der Waals surface area contributed by atoms with Gasteiger partial charge >= 0.3 is 0 Å². The first-order valence-corrected chi connectivity index (χ1v) is 3.97. The maximum Gasteiger partial charge on any atom is 0.265 e. The van der Waals surface area contributed by atoms with Gasteiger partial charge in [-0.3, -0.25) is 4.18 Å². The van der Waals surface area contributed by atoms with Gasteiger partial charge in [-0.2, -0.15) is 8.42 Å². The second-order valence-electron chi connectivity index (χ2n) is 1.32. The van der Waals surface area contributed by atoms with Crippen LogP contribution in [0.25, 0.3) is 0 Å². The van der Waals surface area contributed by atoms with Crippen molar-refractivity contribution in [3.63, 3.8) is 0 Å². The van der Waals surface area contributed by atoms with Crippen LogP contribution in [-0.4, -0.2) is 21.3 Å². The number of hydrogen-bond donors (Lipinski definition) is 0. The predicted octanol–water partition coefficient (Wildman–Crippen LogP) is -0.200. The molecule has 0 aliphatic heterocycles. The molecule has 0 rings (SSSR count). The zero-order valence-electron chi connectivity index (χ0n) is 5.05. The molecule has 9 heavy (non-hydrogen) atoms. The Kier molecular flexibility index (Phi) is 3.28.